The third-order valence-electron chi connectivity index (χ3n) is 6.62. The number of carbonyl (C=O) groups is 2. The maximum absolute atomic E-state index is 14.0. The van der Waals surface area contributed by atoms with Crippen LogP contribution in [0.3, 0.4) is 0 Å². The van der Waals surface area contributed by atoms with Crippen molar-refractivity contribution in [2.75, 3.05) is 18.0 Å². The Kier molecular flexibility index (Phi) is 9.98. The van der Waals surface area contributed by atoms with E-state index < -0.39 is 28.5 Å². The van der Waals surface area contributed by atoms with Crippen LogP contribution in [0.15, 0.2) is 71.6 Å². The molecule has 2 amide bonds. The summed E-state index contributed by atoms with van der Waals surface area (Å²) in [4.78, 5) is 28.5. The van der Waals surface area contributed by atoms with Crippen molar-refractivity contribution in [1.29, 1.82) is 0 Å². The average molecular weight is 566 g/mol. The molecule has 3 aromatic rings. The lowest BCUT2D eigenvalue weighted by Gasteiger charge is -2.32. The molecule has 0 radical (unpaired) electrons. The van der Waals surface area contributed by atoms with E-state index in [2.05, 4.69) is 5.32 Å². The van der Waals surface area contributed by atoms with Crippen LogP contribution in [0.5, 0.6) is 5.75 Å². The first-order valence-corrected chi connectivity index (χ1v) is 14.7. The lowest BCUT2D eigenvalue weighted by Crippen LogP contribution is -2.52. The van der Waals surface area contributed by atoms with Crippen LogP contribution < -0.4 is 14.4 Å². The summed E-state index contributed by atoms with van der Waals surface area (Å²) < 4.78 is 34.3. The second-order valence-corrected chi connectivity index (χ2v) is 12.2. The number of nitrogens with one attached hydrogen (secondary N) is 1. The quantitative estimate of drug-likeness (QED) is 0.362. The third kappa shape index (κ3) is 7.41. The molecule has 0 aliphatic carbocycles. The van der Waals surface area contributed by atoms with Crippen molar-refractivity contribution in [3.05, 3.63) is 89.0 Å². The lowest BCUT2D eigenvalue weighted by molar-refractivity contribution is -0.139. The van der Waals surface area contributed by atoms with Crippen LogP contribution in [0.2, 0.25) is 0 Å². The van der Waals surface area contributed by atoms with Crippen molar-refractivity contribution < 1.29 is 22.7 Å². The Hall–Kier alpha value is -3.85. The number of carbonyl (C=O) groups excluding carboxylic acids is 2. The average Bonchev–Trinajstić information content (AvgIpc) is 2.90. The van der Waals surface area contributed by atoms with Gasteiger partial charge < -0.3 is 15.0 Å². The predicted octanol–water partition coefficient (Wildman–Crippen LogP) is 4.76. The zero-order valence-corrected chi connectivity index (χ0v) is 25.1. The van der Waals surface area contributed by atoms with Gasteiger partial charge >= 0.3 is 0 Å². The van der Waals surface area contributed by atoms with E-state index >= 15 is 0 Å². The number of anilines is 1. The molecule has 0 spiro atoms. The van der Waals surface area contributed by atoms with E-state index in [4.69, 9.17) is 4.74 Å². The van der Waals surface area contributed by atoms with E-state index in [-0.39, 0.29) is 23.4 Å². The number of hydrogen-bond donors (Lipinski definition) is 1. The largest absolute Gasteiger partial charge is 0.497 e. The molecule has 3 aromatic carbocycles. The molecule has 9 heteroatoms. The molecule has 214 valence electrons. The number of ether oxygens (including phenoxy) is 1. The number of benzene rings is 3. The molecule has 0 aromatic heterocycles. The SMILES string of the molecule is COc1ccc(CN(C(=O)CN(c2ccc(C)cc2C)S(=O)(=O)c2ccc(C)cc2)[C@H](C)C(=O)NC(C)C)cc1. The Morgan fingerprint density at radius 2 is 1.48 bits per heavy atom. The second-order valence-electron chi connectivity index (χ2n) is 10.3. The summed E-state index contributed by atoms with van der Waals surface area (Å²) in [6.45, 7) is 10.6. The number of rotatable bonds is 11. The predicted molar refractivity (Wildman–Crippen MR) is 158 cm³/mol. The number of methoxy groups -OCH3 is 1. The fourth-order valence-electron chi connectivity index (χ4n) is 4.35. The molecule has 3 rings (SSSR count). The topological polar surface area (TPSA) is 96.0 Å². The van der Waals surface area contributed by atoms with E-state index in [1.807, 2.05) is 58.9 Å². The van der Waals surface area contributed by atoms with Crippen LogP contribution in [0.25, 0.3) is 0 Å². The second kappa shape index (κ2) is 13.0. The maximum atomic E-state index is 14.0. The number of nitrogens with zero attached hydrogens (tertiary/aromatic N) is 2. The summed E-state index contributed by atoms with van der Waals surface area (Å²) in [6, 6.07) is 18.2. The van der Waals surface area contributed by atoms with Crippen molar-refractivity contribution in [3.63, 3.8) is 0 Å². The van der Waals surface area contributed by atoms with Gasteiger partial charge in [-0.1, -0.05) is 47.5 Å². The molecule has 40 heavy (non-hydrogen) atoms. The Bertz CT molecular complexity index is 1430. The lowest BCUT2D eigenvalue weighted by atomic mass is 10.1. The van der Waals surface area contributed by atoms with Gasteiger partial charge in [0.15, 0.2) is 0 Å². The van der Waals surface area contributed by atoms with Crippen LogP contribution in [0, 0.1) is 20.8 Å². The van der Waals surface area contributed by atoms with Crippen LogP contribution >= 0.6 is 0 Å². The van der Waals surface area contributed by atoms with Crippen molar-refractivity contribution in [1.82, 2.24) is 10.2 Å². The smallest absolute Gasteiger partial charge is 0.264 e. The summed E-state index contributed by atoms with van der Waals surface area (Å²) in [7, 11) is -2.54. The van der Waals surface area contributed by atoms with E-state index in [1.54, 1.807) is 56.5 Å². The molecule has 0 saturated heterocycles. The van der Waals surface area contributed by atoms with Crippen LogP contribution in [0.4, 0.5) is 5.69 Å². The van der Waals surface area contributed by atoms with Gasteiger partial charge in [0.2, 0.25) is 11.8 Å². The van der Waals surface area contributed by atoms with Gasteiger partial charge in [-0.15, -0.1) is 0 Å². The Morgan fingerprint density at radius 3 is 2.02 bits per heavy atom. The molecule has 0 bridgehead atoms. The zero-order chi connectivity index (χ0) is 29.6. The molecule has 1 atom stereocenters. The molecular formula is C31H39N3O5S. The molecule has 0 heterocycles. The minimum atomic E-state index is -4.11. The summed E-state index contributed by atoms with van der Waals surface area (Å²) >= 11 is 0. The minimum Gasteiger partial charge on any atom is -0.497 e. The van der Waals surface area contributed by atoms with Gasteiger partial charge in [-0.25, -0.2) is 8.42 Å². The first kappa shape index (κ1) is 30.7. The summed E-state index contributed by atoms with van der Waals surface area (Å²) in [6.07, 6.45) is 0. The highest BCUT2D eigenvalue weighted by atomic mass is 32.2. The normalized spacial score (nSPS) is 12.1. The number of hydrogen-bond acceptors (Lipinski definition) is 5. The zero-order valence-electron chi connectivity index (χ0n) is 24.3. The molecule has 0 saturated carbocycles. The van der Waals surface area contributed by atoms with E-state index in [0.717, 1.165) is 26.6 Å². The van der Waals surface area contributed by atoms with Crippen LogP contribution in [0.1, 0.15) is 43.0 Å². The van der Waals surface area contributed by atoms with Crippen molar-refractivity contribution in [3.8, 4) is 5.75 Å². The van der Waals surface area contributed by atoms with E-state index in [1.165, 1.54) is 4.90 Å². The third-order valence-corrected chi connectivity index (χ3v) is 8.39. The molecule has 1 N–H and O–H groups in total. The van der Waals surface area contributed by atoms with Gasteiger partial charge in [-0.3, -0.25) is 13.9 Å². The molecule has 0 unspecified atom stereocenters. The molecule has 0 aliphatic heterocycles. The van der Waals surface area contributed by atoms with Gasteiger partial charge in [0.25, 0.3) is 10.0 Å². The van der Waals surface area contributed by atoms with E-state index in [0.29, 0.717) is 11.4 Å². The van der Waals surface area contributed by atoms with Crippen molar-refractivity contribution >= 4 is 27.5 Å². The Balaban J connectivity index is 2.06. The van der Waals surface area contributed by atoms with Crippen molar-refractivity contribution in [2.45, 2.75) is 65.1 Å². The highest BCUT2D eigenvalue weighted by Gasteiger charge is 2.33. The standard InChI is InChI=1S/C31H39N3O5S/c1-21(2)32-31(36)25(6)33(19-26-11-13-27(39-7)14-12-26)30(35)20-34(29-17-10-23(4)18-24(29)5)40(37,38)28-15-8-22(3)9-16-28/h8-18,21,25H,19-20H2,1-7H3,(H,32,36)/t25-/m1/s1. The monoisotopic (exact) mass is 565 g/mol. The van der Waals surface area contributed by atoms with Gasteiger partial charge in [-0.2, -0.15) is 0 Å². The van der Waals surface area contributed by atoms with Gasteiger partial charge in [-0.05, 0) is 83.0 Å². The number of sulfonamides is 1. The first-order valence-electron chi connectivity index (χ1n) is 13.2. The van der Waals surface area contributed by atoms with E-state index in [9.17, 15) is 18.0 Å². The Labute approximate surface area is 238 Å². The first-order chi connectivity index (χ1) is 18.8. The number of aryl methyl sites for hydroxylation is 3. The van der Waals surface area contributed by atoms with Crippen LogP contribution in [-0.2, 0) is 26.2 Å². The fraction of sp³-hybridized carbons (Fsp3) is 0.355. The Morgan fingerprint density at radius 1 is 0.875 bits per heavy atom. The molecule has 0 fully saturated rings. The number of amides is 2. The van der Waals surface area contributed by atoms with Gasteiger partial charge in [0, 0.05) is 12.6 Å². The fourth-order valence-corrected chi connectivity index (χ4v) is 5.83. The van der Waals surface area contributed by atoms with Gasteiger partial charge in [0.1, 0.15) is 18.3 Å². The highest BCUT2D eigenvalue weighted by Crippen LogP contribution is 2.28. The summed E-state index contributed by atoms with van der Waals surface area (Å²) in [5, 5.41) is 2.86. The van der Waals surface area contributed by atoms with Crippen LogP contribution in [-0.4, -0.2) is 50.9 Å². The summed E-state index contributed by atoms with van der Waals surface area (Å²) in [5.41, 5.74) is 3.79. The molecule has 0 aliphatic rings. The van der Waals surface area contributed by atoms with Crippen molar-refractivity contribution in [2.24, 2.45) is 0 Å². The highest BCUT2D eigenvalue weighted by molar-refractivity contribution is 7.92. The minimum absolute atomic E-state index is 0.0816. The van der Waals surface area contributed by atoms with Gasteiger partial charge in [0.05, 0.1) is 17.7 Å². The maximum Gasteiger partial charge on any atom is 0.264 e. The molecule has 8 nitrogen and oxygen atoms in total. The molecular weight excluding hydrogens is 526 g/mol. The summed E-state index contributed by atoms with van der Waals surface area (Å²) in [5.74, 6) is -0.161.